The van der Waals surface area contributed by atoms with Crippen LogP contribution in [-0.2, 0) is 4.74 Å². The molecule has 1 aliphatic heterocycles. The summed E-state index contributed by atoms with van der Waals surface area (Å²) in [6, 6.07) is 2.24. The highest BCUT2D eigenvalue weighted by molar-refractivity contribution is 5.69. The van der Waals surface area contributed by atoms with Gasteiger partial charge in [0.2, 0.25) is 0 Å². The van der Waals surface area contributed by atoms with Crippen molar-refractivity contribution in [2.75, 3.05) is 13.7 Å². The van der Waals surface area contributed by atoms with E-state index in [2.05, 4.69) is 12.6 Å². The van der Waals surface area contributed by atoms with Crippen LogP contribution in [-0.4, -0.2) is 30.2 Å². The fraction of sp³-hybridized carbons (Fsp3) is 0.636. The average molecular weight is 208 g/mol. The molecule has 82 valence electrons. The van der Waals surface area contributed by atoms with Crippen LogP contribution in [0.4, 0.5) is 4.79 Å². The first-order valence-electron chi connectivity index (χ1n) is 5.08. The van der Waals surface area contributed by atoms with Gasteiger partial charge in [-0.2, -0.15) is 5.26 Å². The normalized spacial score (nSPS) is 25.5. The molecular formula is C11H16N2O2. The summed E-state index contributed by atoms with van der Waals surface area (Å²) in [6.45, 7) is 4.23. The van der Waals surface area contributed by atoms with E-state index in [4.69, 9.17) is 4.74 Å². The lowest BCUT2D eigenvalue weighted by Crippen LogP contribution is -2.53. The molecule has 4 nitrogen and oxygen atoms in total. The molecule has 0 N–H and O–H groups in total. The summed E-state index contributed by atoms with van der Waals surface area (Å²) in [7, 11) is 1.34. The van der Waals surface area contributed by atoms with Crippen molar-refractivity contribution in [3.05, 3.63) is 12.7 Å². The number of ether oxygens (including phenoxy) is 1. The molecule has 15 heavy (non-hydrogen) atoms. The second-order valence-electron chi connectivity index (χ2n) is 3.71. The molecule has 1 aliphatic rings. The first-order valence-corrected chi connectivity index (χ1v) is 5.08. The van der Waals surface area contributed by atoms with E-state index in [1.54, 1.807) is 6.08 Å². The first kappa shape index (κ1) is 11.6. The third-order valence-corrected chi connectivity index (χ3v) is 2.82. The van der Waals surface area contributed by atoms with Gasteiger partial charge in [0, 0.05) is 13.0 Å². The summed E-state index contributed by atoms with van der Waals surface area (Å²) in [6.07, 6.45) is 4.36. The molecule has 0 spiro atoms. The number of likely N-dealkylation sites (tertiary alicyclic amines) is 1. The SMILES string of the molecule is C=CCC1(C#N)CCCCN1C(=O)OC. The highest BCUT2D eigenvalue weighted by Crippen LogP contribution is 2.31. The number of carbonyl (C=O) groups excluding carboxylic acids is 1. The van der Waals surface area contributed by atoms with E-state index in [1.807, 2.05) is 0 Å². The molecule has 0 aromatic rings. The second-order valence-corrected chi connectivity index (χ2v) is 3.71. The maximum absolute atomic E-state index is 11.5. The molecule has 1 rings (SSSR count). The molecule has 1 fully saturated rings. The Kier molecular flexibility index (Phi) is 3.73. The van der Waals surface area contributed by atoms with Gasteiger partial charge in [-0.3, -0.25) is 4.90 Å². The van der Waals surface area contributed by atoms with Crippen LogP contribution in [0.5, 0.6) is 0 Å². The molecule has 1 amide bonds. The molecule has 1 heterocycles. The minimum absolute atomic E-state index is 0.418. The van der Waals surface area contributed by atoms with Crippen LogP contribution in [0.25, 0.3) is 0 Å². The standard InChI is InChI=1S/C11H16N2O2/c1-3-6-11(9-12)7-4-5-8-13(11)10(14)15-2/h3H,1,4-8H2,2H3. The minimum atomic E-state index is -0.743. The molecule has 0 aliphatic carbocycles. The third kappa shape index (κ3) is 2.12. The summed E-state index contributed by atoms with van der Waals surface area (Å²) >= 11 is 0. The van der Waals surface area contributed by atoms with Crippen molar-refractivity contribution in [3.8, 4) is 6.07 Å². The Labute approximate surface area is 90.1 Å². The third-order valence-electron chi connectivity index (χ3n) is 2.82. The number of hydrogen-bond donors (Lipinski definition) is 0. The van der Waals surface area contributed by atoms with Crippen molar-refractivity contribution in [2.24, 2.45) is 0 Å². The van der Waals surface area contributed by atoms with E-state index >= 15 is 0 Å². The van der Waals surface area contributed by atoms with Gasteiger partial charge in [-0.1, -0.05) is 6.08 Å². The number of carbonyl (C=O) groups is 1. The van der Waals surface area contributed by atoms with Crippen LogP contribution in [0.1, 0.15) is 25.7 Å². The van der Waals surface area contributed by atoms with Gasteiger partial charge in [-0.15, -0.1) is 6.58 Å². The predicted molar refractivity (Wildman–Crippen MR) is 56.1 cm³/mol. The lowest BCUT2D eigenvalue weighted by molar-refractivity contribution is 0.0648. The zero-order valence-corrected chi connectivity index (χ0v) is 9.03. The number of nitrogens with zero attached hydrogens (tertiary/aromatic N) is 2. The number of hydrogen-bond acceptors (Lipinski definition) is 3. The van der Waals surface area contributed by atoms with Crippen LogP contribution in [0.3, 0.4) is 0 Å². The van der Waals surface area contributed by atoms with E-state index in [1.165, 1.54) is 12.0 Å². The number of rotatable bonds is 2. The Hall–Kier alpha value is -1.50. The molecule has 1 atom stereocenters. The molecule has 4 heteroatoms. The number of nitriles is 1. The monoisotopic (exact) mass is 208 g/mol. The summed E-state index contributed by atoms with van der Waals surface area (Å²) in [4.78, 5) is 13.1. The van der Waals surface area contributed by atoms with E-state index in [0.29, 0.717) is 19.4 Å². The Morgan fingerprint density at radius 1 is 1.73 bits per heavy atom. The largest absolute Gasteiger partial charge is 0.453 e. The fourth-order valence-corrected chi connectivity index (χ4v) is 2.03. The highest BCUT2D eigenvalue weighted by Gasteiger charge is 2.41. The first-order chi connectivity index (χ1) is 7.20. The summed E-state index contributed by atoms with van der Waals surface area (Å²) in [5.41, 5.74) is -0.743. The summed E-state index contributed by atoms with van der Waals surface area (Å²) in [5, 5.41) is 9.24. The van der Waals surface area contributed by atoms with Crippen molar-refractivity contribution < 1.29 is 9.53 Å². The number of amides is 1. The molecule has 1 saturated heterocycles. The number of piperidine rings is 1. The van der Waals surface area contributed by atoms with E-state index < -0.39 is 11.6 Å². The summed E-state index contributed by atoms with van der Waals surface area (Å²) < 4.78 is 4.69. The van der Waals surface area contributed by atoms with Gasteiger partial charge in [0.15, 0.2) is 0 Å². The van der Waals surface area contributed by atoms with Gasteiger partial charge in [0.25, 0.3) is 0 Å². The van der Waals surface area contributed by atoms with Gasteiger partial charge in [-0.05, 0) is 19.3 Å². The number of methoxy groups -OCH3 is 1. The zero-order valence-electron chi connectivity index (χ0n) is 9.03. The van der Waals surface area contributed by atoms with Crippen molar-refractivity contribution in [1.29, 1.82) is 5.26 Å². The van der Waals surface area contributed by atoms with E-state index in [-0.39, 0.29) is 0 Å². The van der Waals surface area contributed by atoms with Crippen molar-refractivity contribution in [3.63, 3.8) is 0 Å². The van der Waals surface area contributed by atoms with Gasteiger partial charge in [0.05, 0.1) is 13.2 Å². The molecule has 0 aromatic heterocycles. The smallest absolute Gasteiger partial charge is 0.410 e. The lowest BCUT2D eigenvalue weighted by atomic mass is 9.85. The van der Waals surface area contributed by atoms with Crippen molar-refractivity contribution in [2.45, 2.75) is 31.2 Å². The minimum Gasteiger partial charge on any atom is -0.453 e. The maximum Gasteiger partial charge on any atom is 0.410 e. The van der Waals surface area contributed by atoms with Crippen LogP contribution < -0.4 is 0 Å². The van der Waals surface area contributed by atoms with Gasteiger partial charge < -0.3 is 4.74 Å². The van der Waals surface area contributed by atoms with Gasteiger partial charge >= 0.3 is 6.09 Å². The van der Waals surface area contributed by atoms with Crippen LogP contribution in [0.2, 0.25) is 0 Å². The van der Waals surface area contributed by atoms with Crippen molar-refractivity contribution >= 4 is 6.09 Å². The maximum atomic E-state index is 11.5. The molecule has 0 aromatic carbocycles. The zero-order chi connectivity index (χ0) is 11.3. The molecule has 0 bridgehead atoms. The Morgan fingerprint density at radius 3 is 3.00 bits per heavy atom. The quantitative estimate of drug-likeness (QED) is 0.653. The highest BCUT2D eigenvalue weighted by atomic mass is 16.5. The Morgan fingerprint density at radius 2 is 2.47 bits per heavy atom. The van der Waals surface area contributed by atoms with E-state index in [9.17, 15) is 10.1 Å². The van der Waals surface area contributed by atoms with Gasteiger partial charge in [0.1, 0.15) is 5.54 Å². The van der Waals surface area contributed by atoms with Crippen LogP contribution in [0.15, 0.2) is 12.7 Å². The Bertz CT molecular complexity index is 295. The summed E-state index contributed by atoms with van der Waals surface area (Å²) in [5.74, 6) is 0. The molecule has 1 unspecified atom stereocenters. The van der Waals surface area contributed by atoms with Crippen LogP contribution >= 0.6 is 0 Å². The predicted octanol–water partition coefficient (Wildman–Crippen LogP) is 2.08. The molecule has 0 saturated carbocycles. The molecular weight excluding hydrogens is 192 g/mol. The molecule has 0 radical (unpaired) electrons. The van der Waals surface area contributed by atoms with Crippen molar-refractivity contribution in [1.82, 2.24) is 4.90 Å². The average Bonchev–Trinajstić information content (AvgIpc) is 2.29. The lowest BCUT2D eigenvalue weighted by Gasteiger charge is -2.40. The van der Waals surface area contributed by atoms with Crippen LogP contribution in [0, 0.1) is 11.3 Å². The Balaban J connectivity index is 2.93. The fourth-order valence-electron chi connectivity index (χ4n) is 2.03. The topological polar surface area (TPSA) is 53.3 Å². The second kappa shape index (κ2) is 4.83. The van der Waals surface area contributed by atoms with Gasteiger partial charge in [-0.25, -0.2) is 4.79 Å². The van der Waals surface area contributed by atoms with E-state index in [0.717, 1.165) is 12.8 Å².